The molecule has 0 aromatic carbocycles. The summed E-state index contributed by atoms with van der Waals surface area (Å²) in [5, 5.41) is 18.0. The van der Waals surface area contributed by atoms with Gasteiger partial charge in [-0.3, -0.25) is 14.8 Å². The van der Waals surface area contributed by atoms with Crippen molar-refractivity contribution >= 4 is 11.6 Å². The summed E-state index contributed by atoms with van der Waals surface area (Å²) in [5.74, 6) is 0.0863. The number of anilines is 1. The molecule has 112 valence electrons. The maximum absolute atomic E-state index is 11.1. The molecule has 21 heavy (non-hydrogen) atoms. The zero-order valence-electron chi connectivity index (χ0n) is 11.9. The summed E-state index contributed by atoms with van der Waals surface area (Å²) in [6, 6.07) is -0.0138. The maximum atomic E-state index is 11.1. The Hall–Kier alpha value is -2.78. The summed E-state index contributed by atoms with van der Waals surface area (Å²) in [6.45, 7) is 4.16. The molecule has 0 saturated carbocycles. The first-order valence-corrected chi connectivity index (χ1v) is 6.31. The van der Waals surface area contributed by atoms with Crippen molar-refractivity contribution in [2.75, 3.05) is 11.9 Å². The SMILES string of the molecule is CCCNc1nc(C)c([N+](=O)[O-])c(Oc2ncn(C)n2)n1. The molecule has 0 fully saturated rings. The molecule has 2 aromatic rings. The van der Waals surface area contributed by atoms with Gasteiger partial charge < -0.3 is 10.1 Å². The molecule has 0 saturated heterocycles. The molecule has 10 heteroatoms. The Morgan fingerprint density at radius 2 is 2.24 bits per heavy atom. The molecule has 10 nitrogen and oxygen atoms in total. The Bertz CT molecular complexity index is 655. The second-order valence-corrected chi connectivity index (χ2v) is 4.27. The van der Waals surface area contributed by atoms with Crippen LogP contribution in [0, 0.1) is 17.0 Å². The highest BCUT2D eigenvalue weighted by Crippen LogP contribution is 2.31. The summed E-state index contributed by atoms with van der Waals surface area (Å²) in [4.78, 5) is 22.5. The molecular weight excluding hydrogens is 278 g/mol. The Labute approximate surface area is 120 Å². The van der Waals surface area contributed by atoms with E-state index >= 15 is 0 Å². The van der Waals surface area contributed by atoms with Crippen molar-refractivity contribution in [3.63, 3.8) is 0 Å². The summed E-state index contributed by atoms with van der Waals surface area (Å²) in [6.07, 6.45) is 2.29. The van der Waals surface area contributed by atoms with Crippen LogP contribution in [-0.2, 0) is 7.05 Å². The predicted molar refractivity (Wildman–Crippen MR) is 73.3 cm³/mol. The minimum absolute atomic E-state index is 0.0138. The van der Waals surface area contributed by atoms with Crippen LogP contribution >= 0.6 is 0 Å². The third-order valence-corrected chi connectivity index (χ3v) is 2.51. The van der Waals surface area contributed by atoms with E-state index in [1.807, 2.05) is 6.92 Å². The fourth-order valence-corrected chi connectivity index (χ4v) is 1.59. The van der Waals surface area contributed by atoms with E-state index in [-0.39, 0.29) is 29.2 Å². The molecule has 2 aromatic heterocycles. The minimum Gasteiger partial charge on any atom is -0.397 e. The summed E-state index contributed by atoms with van der Waals surface area (Å²) >= 11 is 0. The van der Waals surface area contributed by atoms with Crippen molar-refractivity contribution in [1.29, 1.82) is 0 Å². The van der Waals surface area contributed by atoms with Gasteiger partial charge in [0, 0.05) is 13.6 Å². The molecule has 1 N–H and O–H groups in total. The molecule has 0 spiro atoms. The number of hydrogen-bond donors (Lipinski definition) is 1. The Balaban J connectivity index is 2.39. The van der Waals surface area contributed by atoms with Crippen LogP contribution in [0.2, 0.25) is 0 Å². The average Bonchev–Trinajstić information content (AvgIpc) is 2.80. The number of rotatable bonds is 6. The van der Waals surface area contributed by atoms with Crippen molar-refractivity contribution < 1.29 is 9.66 Å². The molecule has 0 amide bonds. The van der Waals surface area contributed by atoms with E-state index in [1.54, 1.807) is 7.05 Å². The van der Waals surface area contributed by atoms with Crippen molar-refractivity contribution in [2.45, 2.75) is 20.3 Å². The fraction of sp³-hybridized carbons (Fsp3) is 0.455. The second-order valence-electron chi connectivity index (χ2n) is 4.27. The minimum atomic E-state index is -0.586. The Morgan fingerprint density at radius 1 is 1.48 bits per heavy atom. The van der Waals surface area contributed by atoms with Gasteiger partial charge in [0.25, 0.3) is 0 Å². The molecule has 2 rings (SSSR count). The zero-order valence-corrected chi connectivity index (χ0v) is 11.9. The van der Waals surface area contributed by atoms with Crippen LogP contribution in [0.3, 0.4) is 0 Å². The lowest BCUT2D eigenvalue weighted by Crippen LogP contribution is -2.08. The lowest BCUT2D eigenvalue weighted by atomic mass is 10.3. The topological polar surface area (TPSA) is 121 Å². The molecular formula is C11H15N7O3. The van der Waals surface area contributed by atoms with Gasteiger partial charge in [-0.2, -0.15) is 9.97 Å². The van der Waals surface area contributed by atoms with Crippen LogP contribution in [0.15, 0.2) is 6.33 Å². The van der Waals surface area contributed by atoms with E-state index < -0.39 is 4.92 Å². The van der Waals surface area contributed by atoms with Crippen LogP contribution in [0.4, 0.5) is 11.6 Å². The second kappa shape index (κ2) is 6.11. The molecule has 2 heterocycles. The lowest BCUT2D eigenvalue weighted by Gasteiger charge is -2.07. The number of nitrogens with one attached hydrogen (secondary N) is 1. The Kier molecular flexibility index (Phi) is 4.26. The summed E-state index contributed by atoms with van der Waals surface area (Å²) in [7, 11) is 1.66. The van der Waals surface area contributed by atoms with E-state index in [9.17, 15) is 10.1 Å². The monoisotopic (exact) mass is 293 g/mol. The van der Waals surface area contributed by atoms with Gasteiger partial charge in [-0.05, 0) is 13.3 Å². The number of aryl methyl sites for hydroxylation is 2. The highest BCUT2D eigenvalue weighted by atomic mass is 16.6. The zero-order chi connectivity index (χ0) is 15.4. The van der Waals surface area contributed by atoms with Crippen LogP contribution < -0.4 is 10.1 Å². The Morgan fingerprint density at radius 3 is 2.81 bits per heavy atom. The van der Waals surface area contributed by atoms with E-state index in [4.69, 9.17) is 4.74 Å². The van der Waals surface area contributed by atoms with E-state index in [1.165, 1.54) is 17.9 Å². The number of nitrogens with zero attached hydrogens (tertiary/aromatic N) is 6. The highest BCUT2D eigenvalue weighted by molar-refractivity contribution is 5.49. The van der Waals surface area contributed by atoms with Gasteiger partial charge in [-0.15, -0.1) is 5.10 Å². The fourth-order valence-electron chi connectivity index (χ4n) is 1.59. The number of aromatic nitrogens is 5. The molecule has 0 atom stereocenters. The van der Waals surface area contributed by atoms with Crippen LogP contribution in [0.1, 0.15) is 19.0 Å². The first-order chi connectivity index (χ1) is 10.0. The molecule has 0 bridgehead atoms. The molecule has 0 aliphatic rings. The quantitative estimate of drug-likeness (QED) is 0.627. The van der Waals surface area contributed by atoms with Gasteiger partial charge in [-0.25, -0.2) is 4.98 Å². The summed E-state index contributed by atoms with van der Waals surface area (Å²) < 4.78 is 6.74. The third-order valence-electron chi connectivity index (χ3n) is 2.51. The van der Waals surface area contributed by atoms with Gasteiger partial charge in [0.05, 0.1) is 4.92 Å². The number of nitro groups is 1. The number of ether oxygens (including phenoxy) is 1. The molecule has 0 unspecified atom stereocenters. The van der Waals surface area contributed by atoms with Crippen LogP contribution in [0.25, 0.3) is 0 Å². The van der Waals surface area contributed by atoms with Crippen molar-refractivity contribution in [3.05, 3.63) is 22.1 Å². The van der Waals surface area contributed by atoms with Gasteiger partial charge in [0.2, 0.25) is 5.95 Å². The smallest absolute Gasteiger partial charge is 0.352 e. The van der Waals surface area contributed by atoms with Gasteiger partial charge >= 0.3 is 17.6 Å². The first-order valence-electron chi connectivity index (χ1n) is 6.31. The summed E-state index contributed by atoms with van der Waals surface area (Å²) in [5.41, 5.74) is -0.0935. The maximum Gasteiger partial charge on any atom is 0.352 e. The molecule has 0 aliphatic carbocycles. The van der Waals surface area contributed by atoms with Gasteiger partial charge in [0.15, 0.2) is 0 Å². The van der Waals surface area contributed by atoms with Crippen molar-refractivity contribution in [2.24, 2.45) is 7.05 Å². The third kappa shape index (κ3) is 3.41. The predicted octanol–water partition coefficient (Wildman–Crippen LogP) is 1.44. The van der Waals surface area contributed by atoms with Gasteiger partial charge in [0.1, 0.15) is 12.0 Å². The standard InChI is InChI=1S/C11H15N7O3/c1-4-5-12-10-14-7(2)8(18(19)20)9(15-10)21-11-13-6-17(3)16-11/h6H,4-5H2,1-3H3,(H,12,14,15). The van der Waals surface area contributed by atoms with Crippen molar-refractivity contribution in [1.82, 2.24) is 24.7 Å². The largest absolute Gasteiger partial charge is 0.397 e. The normalized spacial score (nSPS) is 10.4. The number of hydrogen-bond acceptors (Lipinski definition) is 8. The molecule has 0 aliphatic heterocycles. The first kappa shape index (κ1) is 14.6. The lowest BCUT2D eigenvalue weighted by molar-refractivity contribution is -0.386. The van der Waals surface area contributed by atoms with Crippen LogP contribution in [0.5, 0.6) is 11.9 Å². The molecule has 0 radical (unpaired) electrons. The van der Waals surface area contributed by atoms with Crippen molar-refractivity contribution in [3.8, 4) is 11.9 Å². The average molecular weight is 293 g/mol. The van der Waals surface area contributed by atoms with E-state index in [0.29, 0.717) is 6.54 Å². The van der Waals surface area contributed by atoms with E-state index in [2.05, 4.69) is 25.4 Å². The van der Waals surface area contributed by atoms with E-state index in [0.717, 1.165) is 6.42 Å². The van der Waals surface area contributed by atoms with Crippen LogP contribution in [-0.4, -0.2) is 36.2 Å². The highest BCUT2D eigenvalue weighted by Gasteiger charge is 2.25. The van der Waals surface area contributed by atoms with Gasteiger partial charge in [-0.1, -0.05) is 6.92 Å².